The number of benzene rings is 1. The monoisotopic (exact) mass is 340 g/mol. The van der Waals surface area contributed by atoms with E-state index >= 15 is 0 Å². The maximum Gasteiger partial charge on any atom is 0.272 e. The van der Waals surface area contributed by atoms with E-state index in [1.807, 2.05) is 41.9 Å². The van der Waals surface area contributed by atoms with Gasteiger partial charge in [-0.05, 0) is 44.7 Å². The second-order valence-corrected chi connectivity index (χ2v) is 6.36. The van der Waals surface area contributed by atoms with E-state index in [0.717, 1.165) is 42.6 Å². The van der Waals surface area contributed by atoms with Gasteiger partial charge in [0.1, 0.15) is 6.04 Å². The molecule has 2 amide bonds. The molecule has 6 nitrogen and oxygen atoms in total. The second kappa shape index (κ2) is 7.51. The summed E-state index contributed by atoms with van der Waals surface area (Å²) in [6.45, 7) is 4.29. The van der Waals surface area contributed by atoms with Crippen molar-refractivity contribution in [3.05, 3.63) is 47.3 Å². The third kappa shape index (κ3) is 3.57. The summed E-state index contributed by atoms with van der Waals surface area (Å²) in [6.07, 6.45) is 3.65. The number of hydrogen-bond donors (Lipinski definition) is 2. The maximum atomic E-state index is 12.7. The van der Waals surface area contributed by atoms with Crippen LogP contribution in [-0.4, -0.2) is 34.2 Å². The molecule has 0 saturated carbocycles. The van der Waals surface area contributed by atoms with Crippen LogP contribution >= 0.6 is 0 Å². The normalized spacial score (nSPS) is 14.0. The molecule has 2 aromatic rings. The lowest BCUT2D eigenvalue weighted by Crippen LogP contribution is -2.45. The maximum absolute atomic E-state index is 12.7. The van der Waals surface area contributed by atoms with Crippen molar-refractivity contribution in [1.82, 2.24) is 20.4 Å². The molecule has 1 heterocycles. The molecule has 0 spiro atoms. The quantitative estimate of drug-likeness (QED) is 0.844. The number of carbonyl (C=O) groups is 2. The first-order valence-electron chi connectivity index (χ1n) is 8.86. The number of para-hydroxylation sites is 1. The van der Waals surface area contributed by atoms with Gasteiger partial charge in [-0.25, -0.2) is 4.68 Å². The molecule has 6 heteroatoms. The Labute approximate surface area is 147 Å². The number of amides is 2. The van der Waals surface area contributed by atoms with Gasteiger partial charge in [-0.2, -0.15) is 5.10 Å². The average Bonchev–Trinajstić information content (AvgIpc) is 3.22. The van der Waals surface area contributed by atoms with E-state index in [9.17, 15) is 9.59 Å². The van der Waals surface area contributed by atoms with Crippen LogP contribution in [0.25, 0.3) is 5.69 Å². The summed E-state index contributed by atoms with van der Waals surface area (Å²) in [7, 11) is 0. The first-order chi connectivity index (χ1) is 12.1. The summed E-state index contributed by atoms with van der Waals surface area (Å²) < 4.78 is 1.86. The third-order valence-electron chi connectivity index (χ3n) is 4.44. The van der Waals surface area contributed by atoms with Gasteiger partial charge in [0.2, 0.25) is 5.91 Å². The van der Waals surface area contributed by atoms with E-state index in [1.165, 1.54) is 0 Å². The Balaban J connectivity index is 1.81. The fourth-order valence-electron chi connectivity index (χ4n) is 3.13. The van der Waals surface area contributed by atoms with Gasteiger partial charge < -0.3 is 10.6 Å². The lowest BCUT2D eigenvalue weighted by Gasteiger charge is -2.13. The standard InChI is InChI=1S/C19H24N4O2/c1-3-12-20-18(24)13(2)21-19(25)17-15-10-7-11-16(15)23(22-17)14-8-5-4-6-9-14/h4-6,8-9,13H,3,7,10-12H2,1-2H3,(H,20,24)(H,21,25)/t13-/m1/s1. The van der Waals surface area contributed by atoms with Crippen molar-refractivity contribution in [2.45, 2.75) is 45.6 Å². The van der Waals surface area contributed by atoms with Crippen LogP contribution in [0.1, 0.15) is 48.4 Å². The van der Waals surface area contributed by atoms with Crippen LogP contribution in [0, 0.1) is 0 Å². The van der Waals surface area contributed by atoms with Crippen LogP contribution in [0.15, 0.2) is 30.3 Å². The molecular formula is C19H24N4O2. The van der Waals surface area contributed by atoms with Crippen LogP contribution < -0.4 is 10.6 Å². The number of hydrogen-bond acceptors (Lipinski definition) is 3. The molecule has 0 saturated heterocycles. The molecule has 0 aliphatic heterocycles. The van der Waals surface area contributed by atoms with Crippen LogP contribution in [0.5, 0.6) is 0 Å². The van der Waals surface area contributed by atoms with E-state index in [4.69, 9.17) is 0 Å². The number of fused-ring (bicyclic) bond motifs is 1. The third-order valence-corrected chi connectivity index (χ3v) is 4.44. The van der Waals surface area contributed by atoms with Crippen molar-refractivity contribution in [3.8, 4) is 5.69 Å². The van der Waals surface area contributed by atoms with Crippen LogP contribution in [-0.2, 0) is 17.6 Å². The molecule has 1 aliphatic carbocycles. The first-order valence-corrected chi connectivity index (χ1v) is 8.86. The number of nitrogens with zero attached hydrogens (tertiary/aromatic N) is 2. The lowest BCUT2D eigenvalue weighted by molar-refractivity contribution is -0.122. The number of nitrogens with one attached hydrogen (secondary N) is 2. The minimum atomic E-state index is -0.585. The van der Waals surface area contributed by atoms with Gasteiger partial charge in [0, 0.05) is 17.8 Å². The Hall–Kier alpha value is -2.63. The molecule has 1 atom stereocenters. The fraction of sp³-hybridized carbons (Fsp3) is 0.421. The highest BCUT2D eigenvalue weighted by Gasteiger charge is 2.28. The molecule has 1 aliphatic rings. The van der Waals surface area contributed by atoms with Crippen LogP contribution in [0.2, 0.25) is 0 Å². The summed E-state index contributed by atoms with van der Waals surface area (Å²) >= 11 is 0. The summed E-state index contributed by atoms with van der Waals surface area (Å²) in [4.78, 5) is 24.6. The number of rotatable bonds is 6. The van der Waals surface area contributed by atoms with Crippen LogP contribution in [0.4, 0.5) is 0 Å². The average molecular weight is 340 g/mol. The number of aromatic nitrogens is 2. The molecule has 3 rings (SSSR count). The van der Waals surface area contributed by atoms with Gasteiger partial charge in [-0.15, -0.1) is 0 Å². The predicted octanol–water partition coefficient (Wildman–Crippen LogP) is 2.01. The van der Waals surface area contributed by atoms with E-state index in [2.05, 4.69) is 15.7 Å². The van der Waals surface area contributed by atoms with E-state index in [1.54, 1.807) is 6.92 Å². The summed E-state index contributed by atoms with van der Waals surface area (Å²) in [6, 6.07) is 9.24. The Morgan fingerprint density at radius 2 is 2.00 bits per heavy atom. The van der Waals surface area contributed by atoms with Crippen molar-refractivity contribution in [1.29, 1.82) is 0 Å². The molecule has 0 bridgehead atoms. The molecule has 25 heavy (non-hydrogen) atoms. The van der Waals surface area contributed by atoms with E-state index in [0.29, 0.717) is 12.2 Å². The molecule has 2 N–H and O–H groups in total. The van der Waals surface area contributed by atoms with Gasteiger partial charge >= 0.3 is 0 Å². The van der Waals surface area contributed by atoms with E-state index < -0.39 is 6.04 Å². The van der Waals surface area contributed by atoms with Gasteiger partial charge in [-0.1, -0.05) is 25.1 Å². The zero-order chi connectivity index (χ0) is 17.8. The Kier molecular flexibility index (Phi) is 5.16. The smallest absolute Gasteiger partial charge is 0.272 e. The molecular weight excluding hydrogens is 316 g/mol. The Morgan fingerprint density at radius 3 is 2.72 bits per heavy atom. The van der Waals surface area contributed by atoms with Crippen molar-refractivity contribution in [2.75, 3.05) is 6.54 Å². The van der Waals surface area contributed by atoms with Gasteiger partial charge in [-0.3, -0.25) is 9.59 Å². The first kappa shape index (κ1) is 17.2. The topological polar surface area (TPSA) is 76.0 Å². The zero-order valence-electron chi connectivity index (χ0n) is 14.7. The van der Waals surface area contributed by atoms with Crippen molar-refractivity contribution in [3.63, 3.8) is 0 Å². The lowest BCUT2D eigenvalue weighted by atomic mass is 10.2. The summed E-state index contributed by atoms with van der Waals surface area (Å²) in [5.41, 5.74) is 3.49. The fourth-order valence-corrected chi connectivity index (χ4v) is 3.13. The molecule has 0 radical (unpaired) electrons. The summed E-state index contributed by atoms with van der Waals surface area (Å²) in [5, 5.41) is 10.1. The van der Waals surface area contributed by atoms with Gasteiger partial charge in [0.05, 0.1) is 5.69 Å². The highest BCUT2D eigenvalue weighted by molar-refractivity contribution is 5.97. The van der Waals surface area contributed by atoms with Gasteiger partial charge in [0.15, 0.2) is 5.69 Å². The highest BCUT2D eigenvalue weighted by Crippen LogP contribution is 2.27. The Morgan fingerprint density at radius 1 is 1.24 bits per heavy atom. The molecule has 0 fully saturated rings. The minimum Gasteiger partial charge on any atom is -0.354 e. The number of carbonyl (C=O) groups excluding carboxylic acids is 2. The summed E-state index contributed by atoms with van der Waals surface area (Å²) in [5.74, 6) is -0.457. The van der Waals surface area contributed by atoms with E-state index in [-0.39, 0.29) is 11.8 Å². The van der Waals surface area contributed by atoms with Crippen LogP contribution in [0.3, 0.4) is 0 Å². The predicted molar refractivity (Wildman–Crippen MR) is 95.8 cm³/mol. The second-order valence-electron chi connectivity index (χ2n) is 6.36. The minimum absolute atomic E-state index is 0.172. The van der Waals surface area contributed by atoms with Crippen molar-refractivity contribution < 1.29 is 9.59 Å². The molecule has 132 valence electrons. The highest BCUT2D eigenvalue weighted by atomic mass is 16.2. The largest absolute Gasteiger partial charge is 0.354 e. The van der Waals surface area contributed by atoms with Crippen molar-refractivity contribution in [2.24, 2.45) is 0 Å². The van der Waals surface area contributed by atoms with Gasteiger partial charge in [0.25, 0.3) is 5.91 Å². The molecule has 0 unspecified atom stereocenters. The van der Waals surface area contributed by atoms with Crippen molar-refractivity contribution >= 4 is 11.8 Å². The zero-order valence-corrected chi connectivity index (χ0v) is 14.7. The SMILES string of the molecule is CCCNC(=O)[C@@H](C)NC(=O)c1nn(-c2ccccc2)c2c1CCC2. The molecule has 1 aromatic heterocycles. The Bertz CT molecular complexity index is 767. The molecule has 1 aromatic carbocycles.